The van der Waals surface area contributed by atoms with E-state index in [1.807, 2.05) is 0 Å². The summed E-state index contributed by atoms with van der Waals surface area (Å²) in [6.45, 7) is 6.48. The Bertz CT molecular complexity index is 1040. The van der Waals surface area contributed by atoms with Gasteiger partial charge in [-0.1, -0.05) is 217 Å². The van der Waals surface area contributed by atoms with Gasteiger partial charge in [-0.25, -0.2) is 0 Å². The van der Waals surface area contributed by atoms with E-state index in [0.29, 0.717) is 19.3 Å². The zero-order valence-electron chi connectivity index (χ0n) is 39.0. The maximum absolute atomic E-state index is 12.8. The molecule has 0 aromatic carbocycles. The summed E-state index contributed by atoms with van der Waals surface area (Å²) < 4.78 is 16.8. The van der Waals surface area contributed by atoms with Crippen molar-refractivity contribution in [2.75, 3.05) is 13.2 Å². The van der Waals surface area contributed by atoms with Gasteiger partial charge in [-0.05, 0) is 64.2 Å². The molecular formula is C53H94O6. The van der Waals surface area contributed by atoms with Crippen LogP contribution in [0.1, 0.15) is 252 Å². The molecule has 0 heterocycles. The Hall–Kier alpha value is -2.63. The summed E-state index contributed by atoms with van der Waals surface area (Å²) in [6, 6.07) is 0. The van der Waals surface area contributed by atoms with E-state index in [1.54, 1.807) is 0 Å². The summed E-state index contributed by atoms with van der Waals surface area (Å²) in [5, 5.41) is 0. The molecule has 0 aromatic heterocycles. The van der Waals surface area contributed by atoms with E-state index in [0.717, 1.165) is 89.9 Å². The van der Waals surface area contributed by atoms with Crippen molar-refractivity contribution in [3.8, 4) is 0 Å². The summed E-state index contributed by atoms with van der Waals surface area (Å²) in [5.41, 5.74) is 0. The summed E-state index contributed by atoms with van der Waals surface area (Å²) in [7, 11) is 0. The molecular weight excluding hydrogens is 733 g/mol. The Morgan fingerprint density at radius 3 is 1.07 bits per heavy atom. The number of ether oxygens (including phenoxy) is 3. The van der Waals surface area contributed by atoms with Crippen molar-refractivity contribution in [1.29, 1.82) is 0 Å². The van der Waals surface area contributed by atoms with Crippen molar-refractivity contribution < 1.29 is 28.6 Å². The predicted molar refractivity (Wildman–Crippen MR) is 252 cm³/mol. The first-order valence-electron chi connectivity index (χ1n) is 25.2. The first kappa shape index (κ1) is 56.4. The average Bonchev–Trinajstić information content (AvgIpc) is 3.23. The third-order valence-electron chi connectivity index (χ3n) is 10.9. The van der Waals surface area contributed by atoms with Crippen LogP contribution in [0.25, 0.3) is 0 Å². The molecule has 0 aromatic rings. The molecule has 6 heteroatoms. The van der Waals surface area contributed by atoms with E-state index in [9.17, 15) is 14.4 Å². The molecule has 0 saturated heterocycles. The summed E-state index contributed by atoms with van der Waals surface area (Å²) >= 11 is 0. The van der Waals surface area contributed by atoms with E-state index < -0.39 is 6.10 Å². The minimum atomic E-state index is -0.783. The van der Waals surface area contributed by atoms with Gasteiger partial charge in [0.05, 0.1) is 0 Å². The molecule has 6 nitrogen and oxygen atoms in total. The molecule has 59 heavy (non-hydrogen) atoms. The van der Waals surface area contributed by atoms with E-state index in [-0.39, 0.29) is 31.1 Å². The molecule has 1 atom stereocenters. The minimum Gasteiger partial charge on any atom is -0.462 e. The fourth-order valence-corrected chi connectivity index (χ4v) is 7.08. The highest BCUT2D eigenvalue weighted by Crippen LogP contribution is 2.15. The van der Waals surface area contributed by atoms with Gasteiger partial charge in [0.2, 0.25) is 0 Å². The van der Waals surface area contributed by atoms with Gasteiger partial charge in [0.1, 0.15) is 13.2 Å². The Labute approximate surface area is 365 Å². The first-order valence-corrected chi connectivity index (χ1v) is 25.2. The van der Waals surface area contributed by atoms with Gasteiger partial charge < -0.3 is 14.2 Å². The van der Waals surface area contributed by atoms with Gasteiger partial charge in [-0.2, -0.15) is 0 Å². The zero-order valence-corrected chi connectivity index (χ0v) is 39.0. The maximum atomic E-state index is 12.8. The molecule has 0 rings (SSSR count). The van der Waals surface area contributed by atoms with Gasteiger partial charge in [0, 0.05) is 19.3 Å². The summed E-state index contributed by atoms with van der Waals surface area (Å²) in [4.78, 5) is 37.9. The van der Waals surface area contributed by atoms with E-state index in [4.69, 9.17) is 14.2 Å². The number of esters is 3. The SMILES string of the molecule is CC\C=C/C=C\C=C/CCCCCCCC(=O)OC(COC(=O)CCCCCCC/C=C\CCCCCCCCC)COC(=O)CCCCCCCCCCCCCC. The molecule has 342 valence electrons. The van der Waals surface area contributed by atoms with Gasteiger partial charge >= 0.3 is 17.9 Å². The highest BCUT2D eigenvalue weighted by Gasteiger charge is 2.19. The lowest BCUT2D eigenvalue weighted by atomic mass is 10.0. The quantitative estimate of drug-likeness (QED) is 0.0200. The normalized spacial score (nSPS) is 12.4. The molecule has 0 saturated carbocycles. The van der Waals surface area contributed by atoms with Crippen LogP contribution in [0.15, 0.2) is 48.6 Å². The Morgan fingerprint density at radius 1 is 0.356 bits per heavy atom. The second kappa shape index (κ2) is 48.0. The smallest absolute Gasteiger partial charge is 0.306 e. The van der Waals surface area contributed by atoms with Crippen LogP contribution in [0.2, 0.25) is 0 Å². The molecule has 1 unspecified atom stereocenters. The molecule has 0 radical (unpaired) electrons. The standard InChI is InChI=1S/C53H94O6/c1-4-7-10-13-16-19-22-25-26-27-29-31-34-37-40-43-46-52(55)58-49-50(48-57-51(54)45-42-39-36-33-30-24-21-18-15-12-9-6-3)59-53(56)47-44-41-38-35-32-28-23-20-17-14-11-8-5-2/h8,11,14,17,20,23,26-27,50H,4-7,9-10,12-13,15-16,18-19,21-22,24-25,28-49H2,1-3H3/b11-8-,17-14-,23-20-,27-26-. The van der Waals surface area contributed by atoms with Crippen molar-refractivity contribution in [3.63, 3.8) is 0 Å². The third-order valence-corrected chi connectivity index (χ3v) is 10.9. The fourth-order valence-electron chi connectivity index (χ4n) is 7.08. The molecule has 0 amide bonds. The summed E-state index contributed by atoms with van der Waals surface area (Å²) in [5.74, 6) is -0.906. The van der Waals surface area contributed by atoms with Gasteiger partial charge in [-0.3, -0.25) is 14.4 Å². The first-order chi connectivity index (χ1) is 29.0. The number of unbranched alkanes of at least 4 members (excludes halogenated alkanes) is 28. The number of carbonyl (C=O) groups excluding carboxylic acids is 3. The van der Waals surface area contributed by atoms with Crippen LogP contribution < -0.4 is 0 Å². The summed E-state index contributed by atoms with van der Waals surface area (Å²) in [6.07, 6.45) is 56.6. The Balaban J connectivity index is 4.39. The van der Waals surface area contributed by atoms with Crippen LogP contribution in [-0.2, 0) is 28.6 Å². The molecule has 0 aliphatic carbocycles. The highest BCUT2D eigenvalue weighted by atomic mass is 16.6. The number of rotatable bonds is 45. The number of allylic oxidation sites excluding steroid dienone is 8. The minimum absolute atomic E-state index is 0.0821. The van der Waals surface area contributed by atoms with Crippen molar-refractivity contribution in [2.45, 2.75) is 258 Å². The van der Waals surface area contributed by atoms with E-state index >= 15 is 0 Å². The topological polar surface area (TPSA) is 78.9 Å². The number of hydrogen-bond donors (Lipinski definition) is 0. The van der Waals surface area contributed by atoms with Crippen LogP contribution >= 0.6 is 0 Å². The number of hydrogen-bond acceptors (Lipinski definition) is 6. The van der Waals surface area contributed by atoms with Crippen molar-refractivity contribution >= 4 is 17.9 Å². The van der Waals surface area contributed by atoms with Gasteiger partial charge in [0.25, 0.3) is 0 Å². The molecule has 0 N–H and O–H groups in total. The van der Waals surface area contributed by atoms with E-state index in [2.05, 4.69) is 69.4 Å². The largest absolute Gasteiger partial charge is 0.462 e. The lowest BCUT2D eigenvalue weighted by Gasteiger charge is -2.18. The Kier molecular flexibility index (Phi) is 45.9. The lowest BCUT2D eigenvalue weighted by Crippen LogP contribution is -2.30. The van der Waals surface area contributed by atoms with Crippen LogP contribution in [-0.4, -0.2) is 37.2 Å². The lowest BCUT2D eigenvalue weighted by molar-refractivity contribution is -0.167. The molecule has 0 spiro atoms. The van der Waals surface area contributed by atoms with Crippen LogP contribution in [0, 0.1) is 0 Å². The van der Waals surface area contributed by atoms with Crippen molar-refractivity contribution in [2.24, 2.45) is 0 Å². The molecule has 0 aliphatic heterocycles. The van der Waals surface area contributed by atoms with Crippen LogP contribution in [0.3, 0.4) is 0 Å². The van der Waals surface area contributed by atoms with Crippen molar-refractivity contribution in [1.82, 2.24) is 0 Å². The molecule has 0 aliphatic rings. The molecule has 0 bridgehead atoms. The Morgan fingerprint density at radius 2 is 0.678 bits per heavy atom. The third kappa shape index (κ3) is 46.3. The highest BCUT2D eigenvalue weighted by molar-refractivity contribution is 5.71. The molecule has 0 fully saturated rings. The van der Waals surface area contributed by atoms with Crippen LogP contribution in [0.4, 0.5) is 0 Å². The zero-order chi connectivity index (χ0) is 43.0. The maximum Gasteiger partial charge on any atom is 0.306 e. The van der Waals surface area contributed by atoms with Crippen LogP contribution in [0.5, 0.6) is 0 Å². The monoisotopic (exact) mass is 827 g/mol. The van der Waals surface area contributed by atoms with Gasteiger partial charge in [-0.15, -0.1) is 0 Å². The second-order valence-electron chi connectivity index (χ2n) is 16.8. The second-order valence-corrected chi connectivity index (χ2v) is 16.8. The van der Waals surface area contributed by atoms with Crippen molar-refractivity contribution in [3.05, 3.63) is 48.6 Å². The fraction of sp³-hybridized carbons (Fsp3) is 0.792. The van der Waals surface area contributed by atoms with E-state index in [1.165, 1.54) is 122 Å². The average molecular weight is 827 g/mol. The van der Waals surface area contributed by atoms with Gasteiger partial charge in [0.15, 0.2) is 6.10 Å². The number of carbonyl (C=O) groups is 3. The predicted octanol–water partition coefficient (Wildman–Crippen LogP) is 16.3.